The number of nitrogens with zero attached hydrogens (tertiary/aromatic N) is 1. The van der Waals surface area contributed by atoms with Gasteiger partial charge in [-0.05, 0) is 31.5 Å². The first-order valence-corrected chi connectivity index (χ1v) is 4.63. The predicted molar refractivity (Wildman–Crippen MR) is 54.1 cm³/mol. The van der Waals surface area contributed by atoms with Crippen molar-refractivity contribution in [3.05, 3.63) is 23.5 Å². The number of hydrogen-bond acceptors (Lipinski definition) is 3. The van der Waals surface area contributed by atoms with Crippen LogP contribution in [-0.4, -0.2) is 24.2 Å². The van der Waals surface area contributed by atoms with Gasteiger partial charge in [0, 0.05) is 12.7 Å². The molecule has 1 aromatic heterocycles. The highest BCUT2D eigenvalue weighted by molar-refractivity contribution is 5.87. The zero-order valence-corrected chi connectivity index (χ0v) is 8.62. The SMILES string of the molecule is COC(=O)c1ccc(CCCN)n1C. The third-order valence-corrected chi connectivity index (χ3v) is 2.26. The fourth-order valence-electron chi connectivity index (χ4n) is 1.40. The van der Waals surface area contributed by atoms with Gasteiger partial charge < -0.3 is 15.0 Å². The molecular formula is C10H16N2O2. The van der Waals surface area contributed by atoms with E-state index in [-0.39, 0.29) is 5.97 Å². The minimum absolute atomic E-state index is 0.300. The summed E-state index contributed by atoms with van der Waals surface area (Å²) >= 11 is 0. The summed E-state index contributed by atoms with van der Waals surface area (Å²) in [7, 11) is 3.24. The van der Waals surface area contributed by atoms with Gasteiger partial charge in [0.15, 0.2) is 0 Å². The van der Waals surface area contributed by atoms with Crippen LogP contribution in [0, 0.1) is 0 Å². The third kappa shape index (κ3) is 2.14. The highest BCUT2D eigenvalue weighted by Gasteiger charge is 2.11. The normalized spacial score (nSPS) is 10.2. The number of methoxy groups -OCH3 is 1. The summed E-state index contributed by atoms with van der Waals surface area (Å²) in [4.78, 5) is 11.3. The quantitative estimate of drug-likeness (QED) is 0.721. The molecule has 4 heteroatoms. The summed E-state index contributed by atoms with van der Waals surface area (Å²) in [5.41, 5.74) is 7.11. The van der Waals surface area contributed by atoms with Gasteiger partial charge in [0.1, 0.15) is 5.69 Å². The van der Waals surface area contributed by atoms with Crippen LogP contribution < -0.4 is 5.73 Å². The second kappa shape index (κ2) is 4.81. The number of hydrogen-bond donors (Lipinski definition) is 1. The predicted octanol–water partition coefficient (Wildman–Crippen LogP) is 0.703. The Morgan fingerprint density at radius 2 is 2.29 bits per heavy atom. The first-order valence-electron chi connectivity index (χ1n) is 4.63. The van der Waals surface area contributed by atoms with E-state index in [1.807, 2.05) is 17.7 Å². The molecule has 0 aromatic carbocycles. The van der Waals surface area contributed by atoms with Crippen LogP contribution in [0.3, 0.4) is 0 Å². The van der Waals surface area contributed by atoms with Gasteiger partial charge in [0.2, 0.25) is 0 Å². The zero-order chi connectivity index (χ0) is 10.6. The standard InChI is InChI=1S/C10H16N2O2/c1-12-8(4-3-7-11)5-6-9(12)10(13)14-2/h5-6H,3-4,7,11H2,1-2H3. The number of aryl methyl sites for hydroxylation is 1. The Bertz CT molecular complexity index is 318. The van der Waals surface area contributed by atoms with E-state index in [1.165, 1.54) is 7.11 Å². The van der Waals surface area contributed by atoms with Crippen molar-refractivity contribution in [3.63, 3.8) is 0 Å². The Hall–Kier alpha value is -1.29. The lowest BCUT2D eigenvalue weighted by Crippen LogP contribution is -2.10. The maximum Gasteiger partial charge on any atom is 0.354 e. The second-order valence-electron chi connectivity index (χ2n) is 3.15. The Balaban J connectivity index is 2.80. The van der Waals surface area contributed by atoms with E-state index in [0.29, 0.717) is 12.2 Å². The van der Waals surface area contributed by atoms with Gasteiger partial charge >= 0.3 is 5.97 Å². The molecule has 0 aliphatic heterocycles. The van der Waals surface area contributed by atoms with Gasteiger partial charge in [-0.1, -0.05) is 0 Å². The van der Waals surface area contributed by atoms with Crippen LogP contribution in [0.2, 0.25) is 0 Å². The summed E-state index contributed by atoms with van der Waals surface area (Å²) in [6, 6.07) is 3.71. The Morgan fingerprint density at radius 1 is 1.57 bits per heavy atom. The maximum atomic E-state index is 11.3. The van der Waals surface area contributed by atoms with E-state index in [4.69, 9.17) is 5.73 Å². The van der Waals surface area contributed by atoms with Gasteiger partial charge in [-0.2, -0.15) is 0 Å². The molecule has 0 fully saturated rings. The van der Waals surface area contributed by atoms with Gasteiger partial charge in [0.25, 0.3) is 0 Å². The molecule has 0 spiro atoms. The first-order chi connectivity index (χ1) is 6.70. The number of esters is 1. The van der Waals surface area contributed by atoms with Crippen LogP contribution in [-0.2, 0) is 18.2 Å². The zero-order valence-electron chi connectivity index (χ0n) is 8.62. The number of rotatable bonds is 4. The van der Waals surface area contributed by atoms with Crippen LogP contribution >= 0.6 is 0 Å². The van der Waals surface area contributed by atoms with Gasteiger partial charge in [0.05, 0.1) is 7.11 Å². The number of carbonyl (C=O) groups excluding carboxylic acids is 1. The topological polar surface area (TPSA) is 57.2 Å². The molecule has 0 aliphatic rings. The summed E-state index contributed by atoms with van der Waals surface area (Å²) in [6.07, 6.45) is 1.82. The number of aromatic nitrogens is 1. The average Bonchev–Trinajstić information content (AvgIpc) is 2.56. The molecule has 78 valence electrons. The molecule has 0 amide bonds. The lowest BCUT2D eigenvalue weighted by Gasteiger charge is -2.05. The number of carbonyl (C=O) groups is 1. The molecule has 1 aromatic rings. The number of nitrogens with two attached hydrogens (primary N) is 1. The summed E-state index contributed by atoms with van der Waals surface area (Å²) in [6.45, 7) is 0.665. The molecule has 2 N–H and O–H groups in total. The third-order valence-electron chi connectivity index (χ3n) is 2.26. The molecule has 0 radical (unpaired) electrons. The van der Waals surface area contributed by atoms with Crippen LogP contribution in [0.4, 0.5) is 0 Å². The molecule has 0 bridgehead atoms. The van der Waals surface area contributed by atoms with E-state index in [2.05, 4.69) is 4.74 Å². The minimum Gasteiger partial charge on any atom is -0.464 e. The lowest BCUT2D eigenvalue weighted by molar-refractivity contribution is 0.0589. The van der Waals surface area contributed by atoms with E-state index < -0.39 is 0 Å². The molecule has 0 unspecified atom stereocenters. The van der Waals surface area contributed by atoms with Gasteiger partial charge in [-0.25, -0.2) is 4.79 Å². The molecule has 4 nitrogen and oxygen atoms in total. The fourth-order valence-corrected chi connectivity index (χ4v) is 1.40. The van der Waals surface area contributed by atoms with E-state index in [1.54, 1.807) is 6.07 Å². The molecule has 0 atom stereocenters. The second-order valence-corrected chi connectivity index (χ2v) is 3.15. The lowest BCUT2D eigenvalue weighted by atomic mass is 10.2. The molecule has 0 aliphatic carbocycles. The summed E-state index contributed by atoms with van der Waals surface area (Å²) in [5, 5.41) is 0. The Labute approximate surface area is 83.7 Å². The molecule has 1 rings (SSSR count). The molecule has 0 saturated carbocycles. The van der Waals surface area contributed by atoms with Crippen LogP contribution in [0.1, 0.15) is 22.6 Å². The van der Waals surface area contributed by atoms with Gasteiger partial charge in [-0.15, -0.1) is 0 Å². The fraction of sp³-hybridized carbons (Fsp3) is 0.500. The van der Waals surface area contributed by atoms with Crippen molar-refractivity contribution >= 4 is 5.97 Å². The molecule has 14 heavy (non-hydrogen) atoms. The molecular weight excluding hydrogens is 180 g/mol. The summed E-state index contributed by atoms with van der Waals surface area (Å²) < 4.78 is 6.50. The highest BCUT2D eigenvalue weighted by Crippen LogP contribution is 2.10. The smallest absolute Gasteiger partial charge is 0.354 e. The van der Waals surface area contributed by atoms with Crippen molar-refractivity contribution in [2.75, 3.05) is 13.7 Å². The van der Waals surface area contributed by atoms with Crippen molar-refractivity contribution in [1.29, 1.82) is 0 Å². The maximum absolute atomic E-state index is 11.3. The van der Waals surface area contributed by atoms with E-state index in [0.717, 1.165) is 18.5 Å². The van der Waals surface area contributed by atoms with Crippen molar-refractivity contribution in [3.8, 4) is 0 Å². The molecule has 0 saturated heterocycles. The van der Waals surface area contributed by atoms with Crippen molar-refractivity contribution in [2.24, 2.45) is 12.8 Å². The largest absolute Gasteiger partial charge is 0.464 e. The van der Waals surface area contributed by atoms with Gasteiger partial charge in [-0.3, -0.25) is 0 Å². The Kier molecular flexibility index (Phi) is 3.71. The number of ether oxygens (including phenoxy) is 1. The van der Waals surface area contributed by atoms with Crippen LogP contribution in [0.25, 0.3) is 0 Å². The Morgan fingerprint density at radius 3 is 2.86 bits per heavy atom. The average molecular weight is 196 g/mol. The first kappa shape index (κ1) is 10.8. The minimum atomic E-state index is -0.300. The van der Waals surface area contributed by atoms with Crippen molar-refractivity contribution < 1.29 is 9.53 Å². The van der Waals surface area contributed by atoms with E-state index in [9.17, 15) is 4.79 Å². The van der Waals surface area contributed by atoms with Crippen molar-refractivity contribution in [2.45, 2.75) is 12.8 Å². The summed E-state index contributed by atoms with van der Waals surface area (Å²) in [5.74, 6) is -0.300. The van der Waals surface area contributed by atoms with Crippen molar-refractivity contribution in [1.82, 2.24) is 4.57 Å². The van der Waals surface area contributed by atoms with Crippen LogP contribution in [0.15, 0.2) is 12.1 Å². The molecule has 1 heterocycles. The van der Waals surface area contributed by atoms with Crippen LogP contribution in [0.5, 0.6) is 0 Å². The highest BCUT2D eigenvalue weighted by atomic mass is 16.5. The van der Waals surface area contributed by atoms with E-state index >= 15 is 0 Å². The monoisotopic (exact) mass is 196 g/mol.